The van der Waals surface area contributed by atoms with Gasteiger partial charge in [0.2, 0.25) is 0 Å². The van der Waals surface area contributed by atoms with E-state index in [1.807, 2.05) is 53.9 Å². The zero-order chi connectivity index (χ0) is 17.3. The number of hydrogen-bond donors (Lipinski definition) is 1. The molecular formula is C19H22ClN3O. The highest BCUT2D eigenvalue weighted by atomic mass is 35.5. The van der Waals surface area contributed by atoms with E-state index in [0.29, 0.717) is 11.6 Å². The molecule has 0 radical (unpaired) electrons. The Balaban J connectivity index is 2.13. The van der Waals surface area contributed by atoms with E-state index >= 15 is 0 Å². The maximum Gasteiger partial charge on any atom is 0.139 e. The molecule has 0 aliphatic carbocycles. The molecule has 5 heteroatoms. The largest absolute Gasteiger partial charge is 0.494 e. The molecule has 126 valence electrons. The van der Waals surface area contributed by atoms with Crippen molar-refractivity contribution in [2.75, 3.05) is 11.9 Å². The SMILES string of the molecule is CCOc1ccc(-c2nc3ccc(Cl)cn3c2NC(C)(C)C)cc1. The van der Waals surface area contributed by atoms with Gasteiger partial charge in [-0.15, -0.1) is 0 Å². The molecule has 0 atom stereocenters. The van der Waals surface area contributed by atoms with Crippen molar-refractivity contribution < 1.29 is 4.74 Å². The van der Waals surface area contributed by atoms with Crippen molar-refractivity contribution in [2.24, 2.45) is 0 Å². The third-order valence-electron chi connectivity index (χ3n) is 3.51. The summed E-state index contributed by atoms with van der Waals surface area (Å²) in [6.07, 6.45) is 1.88. The Labute approximate surface area is 147 Å². The molecule has 3 aromatic rings. The van der Waals surface area contributed by atoms with E-state index in [9.17, 15) is 0 Å². The summed E-state index contributed by atoms with van der Waals surface area (Å²) < 4.78 is 7.52. The lowest BCUT2D eigenvalue weighted by atomic mass is 10.1. The Morgan fingerprint density at radius 3 is 2.46 bits per heavy atom. The van der Waals surface area contributed by atoms with Crippen LogP contribution in [0.4, 0.5) is 5.82 Å². The monoisotopic (exact) mass is 343 g/mol. The Kier molecular flexibility index (Phi) is 4.41. The van der Waals surface area contributed by atoms with Gasteiger partial charge in [-0.2, -0.15) is 0 Å². The number of ether oxygens (including phenoxy) is 1. The number of nitrogens with one attached hydrogen (secondary N) is 1. The topological polar surface area (TPSA) is 38.6 Å². The van der Waals surface area contributed by atoms with Gasteiger partial charge in [-0.05, 0) is 64.1 Å². The molecule has 24 heavy (non-hydrogen) atoms. The predicted molar refractivity (Wildman–Crippen MR) is 100 cm³/mol. The lowest BCUT2D eigenvalue weighted by Gasteiger charge is -2.22. The summed E-state index contributed by atoms with van der Waals surface area (Å²) in [7, 11) is 0. The number of rotatable bonds is 4. The van der Waals surface area contributed by atoms with Crippen LogP contribution in [-0.2, 0) is 0 Å². The average molecular weight is 344 g/mol. The number of aromatic nitrogens is 2. The normalized spacial score (nSPS) is 11.7. The second kappa shape index (κ2) is 6.36. The highest BCUT2D eigenvalue weighted by Gasteiger charge is 2.19. The van der Waals surface area contributed by atoms with Gasteiger partial charge in [0.1, 0.15) is 22.9 Å². The van der Waals surface area contributed by atoms with Crippen LogP contribution in [0.25, 0.3) is 16.9 Å². The van der Waals surface area contributed by atoms with E-state index in [1.54, 1.807) is 0 Å². The van der Waals surface area contributed by atoms with Gasteiger partial charge < -0.3 is 10.1 Å². The summed E-state index contributed by atoms with van der Waals surface area (Å²) in [6.45, 7) is 9.00. The fourth-order valence-corrected chi connectivity index (χ4v) is 2.73. The standard InChI is InChI=1S/C19H22ClN3O/c1-5-24-15-9-6-13(7-10-15)17-18(22-19(2,3)4)23-12-14(20)8-11-16(23)21-17/h6-12,22H,5H2,1-4H3. The van der Waals surface area contributed by atoms with E-state index in [1.165, 1.54) is 0 Å². The van der Waals surface area contributed by atoms with E-state index in [2.05, 4.69) is 26.1 Å². The third-order valence-corrected chi connectivity index (χ3v) is 3.74. The molecule has 4 nitrogen and oxygen atoms in total. The maximum atomic E-state index is 6.18. The number of anilines is 1. The molecule has 0 amide bonds. The first kappa shape index (κ1) is 16.7. The maximum absolute atomic E-state index is 6.18. The van der Waals surface area contributed by atoms with Crippen molar-refractivity contribution >= 4 is 23.1 Å². The third kappa shape index (κ3) is 3.49. The van der Waals surface area contributed by atoms with Crippen LogP contribution in [0.5, 0.6) is 5.75 Å². The van der Waals surface area contributed by atoms with Crippen molar-refractivity contribution in [3.63, 3.8) is 0 Å². The zero-order valence-corrected chi connectivity index (χ0v) is 15.2. The molecule has 0 aliphatic rings. The lowest BCUT2D eigenvalue weighted by molar-refractivity contribution is 0.340. The van der Waals surface area contributed by atoms with Gasteiger partial charge in [-0.25, -0.2) is 4.98 Å². The zero-order valence-electron chi connectivity index (χ0n) is 14.4. The molecule has 0 bridgehead atoms. The van der Waals surface area contributed by atoms with E-state index in [4.69, 9.17) is 21.3 Å². The number of nitrogens with zero attached hydrogens (tertiary/aromatic N) is 2. The minimum atomic E-state index is -0.0989. The summed E-state index contributed by atoms with van der Waals surface area (Å²) in [5.74, 6) is 1.79. The number of fused-ring (bicyclic) bond motifs is 1. The van der Waals surface area contributed by atoms with E-state index < -0.39 is 0 Å². The first-order valence-corrected chi connectivity index (χ1v) is 8.44. The van der Waals surface area contributed by atoms with Crippen LogP contribution in [0.3, 0.4) is 0 Å². The molecule has 0 spiro atoms. The van der Waals surface area contributed by atoms with E-state index in [-0.39, 0.29) is 5.54 Å². The molecule has 1 N–H and O–H groups in total. The fourth-order valence-electron chi connectivity index (χ4n) is 2.57. The predicted octanol–water partition coefficient (Wildman–Crippen LogP) is 5.26. The smallest absolute Gasteiger partial charge is 0.139 e. The van der Waals surface area contributed by atoms with Gasteiger partial charge in [0.15, 0.2) is 0 Å². The van der Waals surface area contributed by atoms with Crippen molar-refractivity contribution in [3.8, 4) is 17.0 Å². The molecule has 0 unspecified atom stereocenters. The van der Waals surface area contributed by atoms with E-state index in [0.717, 1.165) is 28.5 Å². The molecule has 0 saturated heterocycles. The molecule has 2 heterocycles. The summed E-state index contributed by atoms with van der Waals surface area (Å²) in [6, 6.07) is 11.8. The first-order chi connectivity index (χ1) is 11.4. The molecule has 0 aliphatic heterocycles. The van der Waals surface area contributed by atoms with Crippen LogP contribution in [0, 0.1) is 0 Å². The van der Waals surface area contributed by atoms with Gasteiger partial charge in [-0.3, -0.25) is 4.40 Å². The lowest BCUT2D eigenvalue weighted by Crippen LogP contribution is -2.27. The van der Waals surface area contributed by atoms with Gasteiger partial charge in [0.05, 0.1) is 11.6 Å². The Morgan fingerprint density at radius 1 is 1.12 bits per heavy atom. The molecule has 1 aromatic carbocycles. The molecule has 0 saturated carbocycles. The van der Waals surface area contributed by atoms with Crippen LogP contribution < -0.4 is 10.1 Å². The summed E-state index contributed by atoms with van der Waals surface area (Å²) in [5.41, 5.74) is 2.69. The number of pyridine rings is 1. The van der Waals surface area contributed by atoms with Crippen LogP contribution >= 0.6 is 11.6 Å². The molecular weight excluding hydrogens is 322 g/mol. The van der Waals surface area contributed by atoms with Crippen molar-refractivity contribution in [2.45, 2.75) is 33.2 Å². The van der Waals surface area contributed by atoms with Gasteiger partial charge in [0, 0.05) is 17.3 Å². The van der Waals surface area contributed by atoms with Crippen molar-refractivity contribution in [3.05, 3.63) is 47.6 Å². The molecule has 3 rings (SSSR count). The quantitative estimate of drug-likeness (QED) is 0.701. The summed E-state index contributed by atoms with van der Waals surface area (Å²) in [5, 5.41) is 4.22. The van der Waals surface area contributed by atoms with Gasteiger partial charge >= 0.3 is 0 Å². The Morgan fingerprint density at radius 2 is 1.83 bits per heavy atom. The first-order valence-electron chi connectivity index (χ1n) is 8.06. The Hall–Kier alpha value is -2.20. The highest BCUT2D eigenvalue weighted by Crippen LogP contribution is 2.32. The van der Waals surface area contributed by atoms with Crippen molar-refractivity contribution in [1.82, 2.24) is 9.38 Å². The van der Waals surface area contributed by atoms with Crippen LogP contribution in [0.2, 0.25) is 5.02 Å². The number of benzene rings is 1. The number of hydrogen-bond acceptors (Lipinski definition) is 3. The number of halogens is 1. The fraction of sp³-hybridized carbons (Fsp3) is 0.316. The minimum Gasteiger partial charge on any atom is -0.494 e. The summed E-state index contributed by atoms with van der Waals surface area (Å²) in [4.78, 5) is 4.78. The Bertz CT molecular complexity index is 847. The minimum absolute atomic E-state index is 0.0989. The van der Waals surface area contributed by atoms with Crippen LogP contribution in [-0.4, -0.2) is 21.5 Å². The molecule has 2 aromatic heterocycles. The summed E-state index contributed by atoms with van der Waals surface area (Å²) >= 11 is 6.18. The van der Waals surface area contributed by atoms with Crippen molar-refractivity contribution in [1.29, 1.82) is 0 Å². The number of imidazole rings is 1. The van der Waals surface area contributed by atoms with Crippen LogP contribution in [0.15, 0.2) is 42.6 Å². The van der Waals surface area contributed by atoms with Gasteiger partial charge in [-0.1, -0.05) is 11.6 Å². The van der Waals surface area contributed by atoms with Gasteiger partial charge in [0.25, 0.3) is 0 Å². The van der Waals surface area contributed by atoms with Crippen LogP contribution in [0.1, 0.15) is 27.7 Å². The molecule has 0 fully saturated rings. The highest BCUT2D eigenvalue weighted by molar-refractivity contribution is 6.30. The second-order valence-corrected chi connectivity index (χ2v) is 7.15. The second-order valence-electron chi connectivity index (χ2n) is 6.72. The average Bonchev–Trinajstić information content (AvgIpc) is 2.85.